The lowest BCUT2D eigenvalue weighted by Gasteiger charge is -2.05. The van der Waals surface area contributed by atoms with Gasteiger partial charge in [0.2, 0.25) is 0 Å². The average molecular weight is 415 g/mol. The fourth-order valence-corrected chi connectivity index (χ4v) is 3.88. The number of hydrogen-bond donors (Lipinski definition) is 2. The molecule has 28 heavy (non-hydrogen) atoms. The van der Waals surface area contributed by atoms with Crippen molar-refractivity contribution in [2.45, 2.75) is 25.7 Å². The van der Waals surface area contributed by atoms with Crippen LogP contribution in [-0.4, -0.2) is 26.2 Å². The summed E-state index contributed by atoms with van der Waals surface area (Å²) >= 11 is 11.9. The maximum Gasteiger partial charge on any atom is 0.0412 e. The fourth-order valence-electron chi connectivity index (χ4n) is 3.50. The van der Waals surface area contributed by atoms with Gasteiger partial charge >= 0.3 is 0 Å². The highest BCUT2D eigenvalue weighted by atomic mass is 35.5. The highest BCUT2D eigenvalue weighted by Gasteiger charge is 2.05. The number of rotatable bonds is 2. The molecule has 0 atom stereocenters. The number of hydrogen-bond acceptors (Lipinski definition) is 2. The first-order valence-electron chi connectivity index (χ1n) is 10.0. The van der Waals surface area contributed by atoms with Gasteiger partial charge in [-0.2, -0.15) is 0 Å². The Hall–Kier alpha value is -1.58. The lowest BCUT2D eigenvalue weighted by molar-refractivity contribution is 0.718. The van der Waals surface area contributed by atoms with Crippen LogP contribution in [0.25, 0.3) is 11.1 Å². The molecule has 2 aromatic carbocycles. The normalized spacial score (nSPS) is 17.4. The van der Waals surface area contributed by atoms with Crippen LogP contribution in [-0.2, 0) is 0 Å². The average Bonchev–Trinajstić information content (AvgIpc) is 3.14. The predicted molar refractivity (Wildman–Crippen MR) is 123 cm³/mol. The van der Waals surface area contributed by atoms with Gasteiger partial charge in [0.15, 0.2) is 0 Å². The second kappa shape index (κ2) is 11.4. The largest absolute Gasteiger partial charge is 0.316 e. The van der Waals surface area contributed by atoms with Gasteiger partial charge in [-0.3, -0.25) is 0 Å². The molecule has 2 N–H and O–H groups in total. The molecule has 0 saturated heterocycles. The Labute approximate surface area is 178 Å². The van der Waals surface area contributed by atoms with Crippen molar-refractivity contribution >= 4 is 34.3 Å². The molecule has 0 spiro atoms. The first-order chi connectivity index (χ1) is 13.7. The molecule has 2 aliphatic heterocycles. The van der Waals surface area contributed by atoms with Gasteiger partial charge in [0.05, 0.1) is 0 Å². The maximum atomic E-state index is 5.96. The Balaban J connectivity index is 0.000000161. The molecule has 0 aromatic heterocycles. The topological polar surface area (TPSA) is 24.1 Å². The van der Waals surface area contributed by atoms with E-state index in [1.807, 2.05) is 36.4 Å². The molecule has 0 aliphatic carbocycles. The molecule has 4 rings (SSSR count). The van der Waals surface area contributed by atoms with Gasteiger partial charge in [-0.25, -0.2) is 0 Å². The zero-order valence-corrected chi connectivity index (χ0v) is 17.7. The van der Waals surface area contributed by atoms with Crippen molar-refractivity contribution in [3.63, 3.8) is 0 Å². The summed E-state index contributed by atoms with van der Waals surface area (Å²) in [4.78, 5) is 0. The summed E-state index contributed by atoms with van der Waals surface area (Å²) in [5, 5.41) is 8.37. The Morgan fingerprint density at radius 2 is 1.36 bits per heavy atom. The first-order valence-corrected chi connectivity index (χ1v) is 10.8. The van der Waals surface area contributed by atoms with Gasteiger partial charge in [-0.05, 0) is 91.9 Å². The molecule has 0 radical (unpaired) electrons. The van der Waals surface area contributed by atoms with Crippen molar-refractivity contribution < 1.29 is 0 Å². The molecule has 0 saturated carbocycles. The van der Waals surface area contributed by atoms with E-state index in [-0.39, 0.29) is 0 Å². The fraction of sp³-hybridized carbons (Fsp3) is 0.333. The van der Waals surface area contributed by atoms with Crippen LogP contribution in [0, 0.1) is 0 Å². The van der Waals surface area contributed by atoms with Crippen LogP contribution in [0.2, 0.25) is 10.0 Å². The standard InChI is InChI=1S/2C12H14ClN/c2*13-12-5-1-3-11(9-12)10-4-2-7-14-8-6-10/h1,3,5-6,9,14H,2,4,7-8H2;1,3-5,9,14H,2,6-8H2. The van der Waals surface area contributed by atoms with E-state index >= 15 is 0 Å². The molecule has 4 heteroatoms. The molecule has 2 aliphatic rings. The van der Waals surface area contributed by atoms with E-state index in [0.29, 0.717) is 0 Å². The van der Waals surface area contributed by atoms with E-state index in [9.17, 15) is 0 Å². The summed E-state index contributed by atoms with van der Waals surface area (Å²) < 4.78 is 0. The zero-order valence-electron chi connectivity index (χ0n) is 16.2. The SMILES string of the molecule is Clc1cccc(C2=CCCNCC2)c1.Clc1cccc(C2=CCNCCC2)c1. The van der Waals surface area contributed by atoms with Crippen LogP contribution in [0.3, 0.4) is 0 Å². The third-order valence-electron chi connectivity index (χ3n) is 4.97. The van der Waals surface area contributed by atoms with Gasteiger partial charge in [0.25, 0.3) is 0 Å². The summed E-state index contributed by atoms with van der Waals surface area (Å²) in [6.45, 7) is 4.24. The minimum Gasteiger partial charge on any atom is -0.316 e. The second-order valence-corrected chi connectivity index (χ2v) is 7.95. The first kappa shape index (κ1) is 21.1. The number of halogens is 2. The van der Waals surface area contributed by atoms with Gasteiger partial charge in [0, 0.05) is 16.6 Å². The monoisotopic (exact) mass is 414 g/mol. The second-order valence-electron chi connectivity index (χ2n) is 7.08. The van der Waals surface area contributed by atoms with Crippen LogP contribution < -0.4 is 10.6 Å². The Kier molecular flexibility index (Phi) is 8.63. The van der Waals surface area contributed by atoms with Crippen LogP contribution in [0.5, 0.6) is 0 Å². The third kappa shape index (κ3) is 6.79. The molecule has 0 bridgehead atoms. The van der Waals surface area contributed by atoms with E-state index in [2.05, 4.69) is 34.9 Å². The Morgan fingerprint density at radius 1 is 0.679 bits per heavy atom. The number of benzene rings is 2. The van der Waals surface area contributed by atoms with Crippen molar-refractivity contribution in [1.82, 2.24) is 10.6 Å². The van der Waals surface area contributed by atoms with E-state index in [1.54, 1.807) is 0 Å². The summed E-state index contributed by atoms with van der Waals surface area (Å²) in [6.07, 6.45) is 9.14. The van der Waals surface area contributed by atoms with Crippen molar-refractivity contribution in [3.8, 4) is 0 Å². The number of allylic oxidation sites excluding steroid dienone is 1. The van der Waals surface area contributed by atoms with Crippen molar-refractivity contribution in [3.05, 3.63) is 81.9 Å². The van der Waals surface area contributed by atoms with Crippen LogP contribution in [0.15, 0.2) is 60.7 Å². The molecular formula is C24H28Cl2N2. The molecular weight excluding hydrogens is 387 g/mol. The highest BCUT2D eigenvalue weighted by Crippen LogP contribution is 2.24. The Bertz CT molecular complexity index is 757. The lowest BCUT2D eigenvalue weighted by atomic mass is 10.0. The van der Waals surface area contributed by atoms with Crippen molar-refractivity contribution in [2.75, 3.05) is 26.2 Å². The van der Waals surface area contributed by atoms with Gasteiger partial charge in [0.1, 0.15) is 0 Å². The molecule has 0 unspecified atom stereocenters. The molecule has 0 amide bonds. The summed E-state index contributed by atoms with van der Waals surface area (Å²) in [6, 6.07) is 16.2. The minimum absolute atomic E-state index is 0.820. The maximum absolute atomic E-state index is 5.96. The predicted octanol–water partition coefficient (Wildman–Crippen LogP) is 6.21. The minimum atomic E-state index is 0.820. The van der Waals surface area contributed by atoms with E-state index in [4.69, 9.17) is 23.2 Å². The molecule has 0 fully saturated rings. The summed E-state index contributed by atoms with van der Waals surface area (Å²) in [5.41, 5.74) is 5.36. The zero-order chi connectivity index (χ0) is 19.6. The highest BCUT2D eigenvalue weighted by molar-refractivity contribution is 6.31. The Morgan fingerprint density at radius 3 is 2.04 bits per heavy atom. The van der Waals surface area contributed by atoms with Crippen molar-refractivity contribution in [1.29, 1.82) is 0 Å². The molecule has 2 aromatic rings. The lowest BCUT2D eigenvalue weighted by Crippen LogP contribution is -2.13. The smallest absolute Gasteiger partial charge is 0.0412 e. The van der Waals surface area contributed by atoms with Crippen LogP contribution in [0.1, 0.15) is 36.8 Å². The van der Waals surface area contributed by atoms with Gasteiger partial charge < -0.3 is 10.6 Å². The summed E-state index contributed by atoms with van der Waals surface area (Å²) in [7, 11) is 0. The van der Waals surface area contributed by atoms with Crippen LogP contribution >= 0.6 is 23.2 Å². The third-order valence-corrected chi connectivity index (χ3v) is 5.44. The van der Waals surface area contributed by atoms with E-state index < -0.39 is 0 Å². The molecule has 2 heterocycles. The van der Waals surface area contributed by atoms with Gasteiger partial charge in [-0.1, -0.05) is 59.6 Å². The quantitative estimate of drug-likeness (QED) is 0.609. The van der Waals surface area contributed by atoms with Crippen molar-refractivity contribution in [2.24, 2.45) is 0 Å². The number of nitrogens with one attached hydrogen (secondary N) is 2. The van der Waals surface area contributed by atoms with E-state index in [0.717, 1.165) is 55.5 Å². The molecule has 2 nitrogen and oxygen atoms in total. The molecule has 148 valence electrons. The summed E-state index contributed by atoms with van der Waals surface area (Å²) in [5.74, 6) is 0. The van der Waals surface area contributed by atoms with E-state index in [1.165, 1.54) is 28.7 Å². The van der Waals surface area contributed by atoms with Gasteiger partial charge in [-0.15, -0.1) is 0 Å². The van der Waals surface area contributed by atoms with Crippen LogP contribution in [0.4, 0.5) is 0 Å².